The van der Waals surface area contributed by atoms with Gasteiger partial charge < -0.3 is 0 Å². The summed E-state index contributed by atoms with van der Waals surface area (Å²) in [5, 5.41) is 0.437. The van der Waals surface area contributed by atoms with Gasteiger partial charge in [-0.15, -0.1) is 0 Å². The number of para-hydroxylation sites is 1. The van der Waals surface area contributed by atoms with E-state index in [-0.39, 0.29) is 5.52 Å². The second kappa shape index (κ2) is 3.18. The maximum absolute atomic E-state index is 12.6. The number of alkyl halides is 3. The van der Waals surface area contributed by atoms with E-state index in [0.29, 0.717) is 11.1 Å². The Kier molecular flexibility index (Phi) is 2.10. The van der Waals surface area contributed by atoms with Crippen LogP contribution in [0.5, 0.6) is 0 Å². The lowest BCUT2D eigenvalue weighted by atomic mass is 10.1. The first-order chi connectivity index (χ1) is 7.00. The van der Waals surface area contributed by atoms with Gasteiger partial charge in [-0.05, 0) is 13.0 Å². The summed E-state index contributed by atoms with van der Waals surface area (Å²) in [6, 6.07) is 3.97. The van der Waals surface area contributed by atoms with Crippen molar-refractivity contribution in [2.24, 2.45) is 0 Å². The van der Waals surface area contributed by atoms with Gasteiger partial charge in [-0.25, -0.2) is 9.97 Å². The summed E-state index contributed by atoms with van der Waals surface area (Å²) in [6.45, 7) is 1.66. The highest BCUT2D eigenvalue weighted by atomic mass is 19.4. The average Bonchev–Trinajstić information content (AvgIpc) is 2.16. The highest BCUT2D eigenvalue weighted by Gasteiger charge is 2.33. The Labute approximate surface area is 83.8 Å². The zero-order valence-corrected chi connectivity index (χ0v) is 7.84. The first-order valence-electron chi connectivity index (χ1n) is 4.27. The summed E-state index contributed by atoms with van der Waals surface area (Å²) in [6.07, 6.45) is -3.23. The Morgan fingerprint density at radius 3 is 2.53 bits per heavy atom. The lowest BCUT2D eigenvalue weighted by Gasteiger charge is -2.09. The Hall–Kier alpha value is -1.65. The maximum atomic E-state index is 12.6. The van der Waals surface area contributed by atoms with Crippen molar-refractivity contribution in [2.45, 2.75) is 13.1 Å². The van der Waals surface area contributed by atoms with Crippen LogP contribution >= 0.6 is 0 Å². The summed E-state index contributed by atoms with van der Waals surface area (Å²) < 4.78 is 37.8. The fraction of sp³-hybridized carbons (Fsp3) is 0.200. The lowest BCUT2D eigenvalue weighted by molar-refractivity contribution is -0.136. The van der Waals surface area contributed by atoms with E-state index in [0.717, 1.165) is 12.4 Å². The number of hydrogen-bond acceptors (Lipinski definition) is 2. The highest BCUT2D eigenvalue weighted by molar-refractivity contribution is 5.83. The van der Waals surface area contributed by atoms with E-state index in [4.69, 9.17) is 0 Å². The number of halogens is 3. The van der Waals surface area contributed by atoms with Crippen LogP contribution in [-0.2, 0) is 6.18 Å². The van der Waals surface area contributed by atoms with Crippen molar-refractivity contribution in [3.8, 4) is 0 Å². The van der Waals surface area contributed by atoms with Crippen molar-refractivity contribution in [1.29, 1.82) is 0 Å². The van der Waals surface area contributed by atoms with E-state index >= 15 is 0 Å². The maximum Gasteiger partial charge on any atom is 0.418 e. The molecule has 0 amide bonds. The zero-order chi connectivity index (χ0) is 11.1. The molecule has 15 heavy (non-hydrogen) atoms. The minimum atomic E-state index is -4.37. The minimum Gasteiger partial charge on any atom is -0.241 e. The number of aromatic nitrogens is 2. The second-order valence-electron chi connectivity index (χ2n) is 3.16. The molecule has 0 N–H and O–H groups in total. The fourth-order valence-electron chi connectivity index (χ4n) is 1.45. The van der Waals surface area contributed by atoms with E-state index in [2.05, 4.69) is 9.97 Å². The quantitative estimate of drug-likeness (QED) is 0.670. The van der Waals surface area contributed by atoms with Crippen LogP contribution in [0.2, 0.25) is 0 Å². The monoisotopic (exact) mass is 212 g/mol. The molecule has 0 saturated heterocycles. The molecule has 5 heteroatoms. The molecule has 0 aliphatic heterocycles. The summed E-state index contributed by atoms with van der Waals surface area (Å²) in [7, 11) is 0. The van der Waals surface area contributed by atoms with Crippen molar-refractivity contribution in [3.05, 3.63) is 35.8 Å². The first kappa shape index (κ1) is 9.89. The van der Waals surface area contributed by atoms with Crippen LogP contribution in [0.3, 0.4) is 0 Å². The van der Waals surface area contributed by atoms with Gasteiger partial charge in [0.15, 0.2) is 0 Å². The molecule has 78 valence electrons. The van der Waals surface area contributed by atoms with Crippen molar-refractivity contribution >= 4 is 10.9 Å². The summed E-state index contributed by atoms with van der Waals surface area (Å²) in [5.74, 6) is 0. The number of fused-ring (bicyclic) bond motifs is 1. The molecule has 0 unspecified atom stereocenters. The van der Waals surface area contributed by atoms with E-state index in [1.165, 1.54) is 6.07 Å². The van der Waals surface area contributed by atoms with E-state index in [9.17, 15) is 13.2 Å². The van der Waals surface area contributed by atoms with Crippen LogP contribution in [0.15, 0.2) is 24.5 Å². The van der Waals surface area contributed by atoms with E-state index in [1.54, 1.807) is 13.0 Å². The third-order valence-electron chi connectivity index (χ3n) is 2.17. The van der Waals surface area contributed by atoms with Crippen LogP contribution in [-0.4, -0.2) is 9.97 Å². The third-order valence-corrected chi connectivity index (χ3v) is 2.17. The summed E-state index contributed by atoms with van der Waals surface area (Å²) in [5.41, 5.74) is -0.214. The summed E-state index contributed by atoms with van der Waals surface area (Å²) >= 11 is 0. The SMILES string of the molecule is Cc1ncnc2c(C(F)(F)F)cccc12. The van der Waals surface area contributed by atoms with Crippen molar-refractivity contribution in [3.63, 3.8) is 0 Å². The van der Waals surface area contributed by atoms with Gasteiger partial charge in [-0.3, -0.25) is 0 Å². The van der Waals surface area contributed by atoms with Crippen LogP contribution in [0.4, 0.5) is 13.2 Å². The molecule has 2 rings (SSSR count). The highest BCUT2D eigenvalue weighted by Crippen LogP contribution is 2.33. The van der Waals surface area contributed by atoms with Crippen molar-refractivity contribution in [1.82, 2.24) is 9.97 Å². The van der Waals surface area contributed by atoms with Crippen LogP contribution < -0.4 is 0 Å². The van der Waals surface area contributed by atoms with E-state index < -0.39 is 11.7 Å². The molecule has 0 aliphatic rings. The van der Waals surface area contributed by atoms with Gasteiger partial charge in [0.25, 0.3) is 0 Å². The largest absolute Gasteiger partial charge is 0.418 e. The van der Waals surface area contributed by atoms with Crippen LogP contribution in [0.1, 0.15) is 11.3 Å². The molecule has 0 bridgehead atoms. The third kappa shape index (κ3) is 1.65. The standard InChI is InChI=1S/C10H7F3N2/c1-6-7-3-2-4-8(10(11,12)13)9(7)15-5-14-6/h2-5H,1H3. The lowest BCUT2D eigenvalue weighted by Crippen LogP contribution is -2.07. The average molecular weight is 212 g/mol. The Morgan fingerprint density at radius 2 is 1.87 bits per heavy atom. The molecule has 0 spiro atoms. The molecule has 0 fully saturated rings. The molecule has 0 aliphatic carbocycles. The topological polar surface area (TPSA) is 25.8 Å². The molecular formula is C10H7F3N2. The second-order valence-corrected chi connectivity index (χ2v) is 3.16. The Bertz CT molecular complexity index is 505. The van der Waals surface area contributed by atoms with Gasteiger partial charge >= 0.3 is 6.18 Å². The summed E-state index contributed by atoms with van der Waals surface area (Å²) in [4.78, 5) is 7.53. The molecule has 1 aromatic heterocycles. The molecule has 2 nitrogen and oxygen atoms in total. The minimum absolute atomic E-state index is 0.0440. The molecule has 0 radical (unpaired) electrons. The number of hydrogen-bond donors (Lipinski definition) is 0. The van der Waals surface area contributed by atoms with Gasteiger partial charge in [0, 0.05) is 11.1 Å². The van der Waals surface area contributed by atoms with Crippen LogP contribution in [0.25, 0.3) is 10.9 Å². The van der Waals surface area contributed by atoms with Gasteiger partial charge in [0.1, 0.15) is 6.33 Å². The molecule has 0 atom stereocenters. The smallest absolute Gasteiger partial charge is 0.241 e. The van der Waals surface area contributed by atoms with Crippen LogP contribution in [0, 0.1) is 6.92 Å². The number of benzene rings is 1. The number of aryl methyl sites for hydroxylation is 1. The molecule has 1 heterocycles. The normalized spacial score (nSPS) is 12.0. The van der Waals surface area contributed by atoms with Gasteiger partial charge in [0.2, 0.25) is 0 Å². The van der Waals surface area contributed by atoms with Gasteiger partial charge in [0.05, 0.1) is 11.1 Å². The number of rotatable bonds is 0. The first-order valence-corrected chi connectivity index (χ1v) is 4.27. The molecular weight excluding hydrogens is 205 g/mol. The fourth-order valence-corrected chi connectivity index (χ4v) is 1.45. The van der Waals surface area contributed by atoms with Crippen molar-refractivity contribution < 1.29 is 13.2 Å². The molecule has 0 saturated carbocycles. The van der Waals surface area contributed by atoms with E-state index in [1.807, 2.05) is 0 Å². The van der Waals surface area contributed by atoms with Gasteiger partial charge in [-0.2, -0.15) is 13.2 Å². The number of nitrogens with zero attached hydrogens (tertiary/aromatic N) is 2. The van der Waals surface area contributed by atoms with Crippen molar-refractivity contribution in [2.75, 3.05) is 0 Å². The Morgan fingerprint density at radius 1 is 1.13 bits per heavy atom. The predicted molar refractivity (Wildman–Crippen MR) is 49.3 cm³/mol. The molecule has 1 aromatic carbocycles. The molecule has 2 aromatic rings. The zero-order valence-electron chi connectivity index (χ0n) is 7.84. The van der Waals surface area contributed by atoms with Gasteiger partial charge in [-0.1, -0.05) is 12.1 Å². The Balaban J connectivity index is 2.83. The predicted octanol–water partition coefficient (Wildman–Crippen LogP) is 2.96.